The highest BCUT2D eigenvalue weighted by atomic mass is 16.3. The van der Waals surface area contributed by atoms with E-state index in [4.69, 9.17) is 10.2 Å². The predicted molar refractivity (Wildman–Crippen MR) is 72.2 cm³/mol. The number of unbranched alkanes of at least 4 members (excludes halogenated alkanes) is 1. The van der Waals surface area contributed by atoms with Gasteiger partial charge in [-0.2, -0.15) is 0 Å². The average Bonchev–Trinajstić information content (AvgIpc) is 2.75. The standard InChI is InChI=1S/C14H24N2O2/c1-14(2,3)6-4-5-7-16-13(17)11-8-12(9-15)18-10-11/h8,10H,4-7,9,15H2,1-3H3,(H,16,17). The summed E-state index contributed by atoms with van der Waals surface area (Å²) in [6.07, 6.45) is 4.76. The van der Waals surface area contributed by atoms with Gasteiger partial charge in [-0.05, 0) is 24.3 Å². The van der Waals surface area contributed by atoms with Gasteiger partial charge < -0.3 is 15.5 Å². The molecule has 0 spiro atoms. The first-order chi connectivity index (χ1) is 8.42. The molecule has 4 nitrogen and oxygen atoms in total. The Hall–Kier alpha value is -1.29. The van der Waals surface area contributed by atoms with Gasteiger partial charge in [-0.3, -0.25) is 4.79 Å². The van der Waals surface area contributed by atoms with E-state index in [-0.39, 0.29) is 5.91 Å². The quantitative estimate of drug-likeness (QED) is 0.765. The number of hydrogen-bond acceptors (Lipinski definition) is 3. The van der Waals surface area contributed by atoms with Crippen LogP contribution in [-0.2, 0) is 6.54 Å². The summed E-state index contributed by atoms with van der Waals surface area (Å²) in [6.45, 7) is 7.71. The second kappa shape index (κ2) is 6.59. The van der Waals surface area contributed by atoms with Crippen molar-refractivity contribution in [3.05, 3.63) is 23.7 Å². The number of carbonyl (C=O) groups excluding carboxylic acids is 1. The molecule has 0 unspecified atom stereocenters. The molecule has 1 aromatic heterocycles. The monoisotopic (exact) mass is 252 g/mol. The number of hydrogen-bond donors (Lipinski definition) is 2. The molecule has 1 aromatic rings. The van der Waals surface area contributed by atoms with Crippen LogP contribution in [0, 0.1) is 5.41 Å². The van der Waals surface area contributed by atoms with Crippen LogP contribution in [0.25, 0.3) is 0 Å². The molecule has 0 radical (unpaired) electrons. The first kappa shape index (κ1) is 14.8. The van der Waals surface area contributed by atoms with E-state index in [2.05, 4.69) is 26.1 Å². The largest absolute Gasteiger partial charge is 0.467 e. The fourth-order valence-corrected chi connectivity index (χ4v) is 1.69. The summed E-state index contributed by atoms with van der Waals surface area (Å²) >= 11 is 0. The molecule has 0 fully saturated rings. The molecule has 0 aromatic carbocycles. The second-order valence-electron chi connectivity index (χ2n) is 5.78. The smallest absolute Gasteiger partial charge is 0.254 e. The fourth-order valence-electron chi connectivity index (χ4n) is 1.69. The van der Waals surface area contributed by atoms with Gasteiger partial charge in [0.25, 0.3) is 5.91 Å². The van der Waals surface area contributed by atoms with Gasteiger partial charge in [-0.25, -0.2) is 0 Å². The van der Waals surface area contributed by atoms with Crippen LogP contribution < -0.4 is 11.1 Å². The SMILES string of the molecule is CC(C)(C)CCCCNC(=O)c1coc(CN)c1. The zero-order valence-corrected chi connectivity index (χ0v) is 11.6. The highest BCUT2D eigenvalue weighted by Gasteiger charge is 2.10. The van der Waals surface area contributed by atoms with Gasteiger partial charge in [0.2, 0.25) is 0 Å². The number of nitrogens with two attached hydrogens (primary N) is 1. The van der Waals surface area contributed by atoms with E-state index in [0.717, 1.165) is 12.8 Å². The molecule has 1 rings (SSSR count). The highest BCUT2D eigenvalue weighted by molar-refractivity contribution is 5.93. The Kier molecular flexibility index (Phi) is 5.41. The topological polar surface area (TPSA) is 68.3 Å². The lowest BCUT2D eigenvalue weighted by molar-refractivity contribution is 0.0952. The minimum atomic E-state index is -0.0887. The number of rotatable bonds is 6. The van der Waals surface area contributed by atoms with Gasteiger partial charge in [0, 0.05) is 6.54 Å². The maximum absolute atomic E-state index is 11.7. The summed E-state index contributed by atoms with van der Waals surface area (Å²) in [7, 11) is 0. The molecule has 0 aliphatic carbocycles. The lowest BCUT2D eigenvalue weighted by Gasteiger charge is -2.17. The van der Waals surface area contributed by atoms with Crippen LogP contribution in [0.15, 0.2) is 16.7 Å². The molecular weight excluding hydrogens is 228 g/mol. The molecule has 0 aliphatic rings. The number of nitrogens with one attached hydrogen (secondary N) is 1. The van der Waals surface area contributed by atoms with Gasteiger partial charge >= 0.3 is 0 Å². The molecule has 102 valence electrons. The first-order valence-corrected chi connectivity index (χ1v) is 6.48. The van der Waals surface area contributed by atoms with Crippen molar-refractivity contribution in [1.29, 1.82) is 0 Å². The Morgan fingerprint density at radius 3 is 2.67 bits per heavy atom. The van der Waals surface area contributed by atoms with E-state index in [1.54, 1.807) is 6.07 Å². The van der Waals surface area contributed by atoms with Crippen molar-refractivity contribution in [2.24, 2.45) is 11.1 Å². The van der Waals surface area contributed by atoms with Crippen LogP contribution in [0.3, 0.4) is 0 Å². The van der Waals surface area contributed by atoms with Crippen molar-refractivity contribution in [2.45, 2.75) is 46.6 Å². The fraction of sp³-hybridized carbons (Fsp3) is 0.643. The number of amides is 1. The first-order valence-electron chi connectivity index (χ1n) is 6.48. The van der Waals surface area contributed by atoms with Crippen LogP contribution >= 0.6 is 0 Å². The summed E-state index contributed by atoms with van der Waals surface area (Å²) in [6, 6.07) is 1.69. The Morgan fingerprint density at radius 2 is 2.11 bits per heavy atom. The van der Waals surface area contributed by atoms with Gasteiger partial charge in [-0.1, -0.05) is 27.2 Å². The summed E-state index contributed by atoms with van der Waals surface area (Å²) in [4.78, 5) is 11.7. The van der Waals surface area contributed by atoms with Crippen LogP contribution in [0.1, 0.15) is 56.2 Å². The average molecular weight is 252 g/mol. The van der Waals surface area contributed by atoms with E-state index in [9.17, 15) is 4.79 Å². The van der Waals surface area contributed by atoms with Gasteiger partial charge in [-0.15, -0.1) is 0 Å². The molecule has 0 aliphatic heterocycles. The van der Waals surface area contributed by atoms with E-state index < -0.39 is 0 Å². The summed E-state index contributed by atoms with van der Waals surface area (Å²) in [5.41, 5.74) is 6.33. The maximum Gasteiger partial charge on any atom is 0.254 e. The second-order valence-corrected chi connectivity index (χ2v) is 5.78. The third-order valence-electron chi connectivity index (χ3n) is 2.76. The van der Waals surface area contributed by atoms with E-state index in [0.29, 0.717) is 29.8 Å². The van der Waals surface area contributed by atoms with Crippen LogP contribution in [0.5, 0.6) is 0 Å². The minimum Gasteiger partial charge on any atom is -0.467 e. The Bertz CT molecular complexity index is 377. The van der Waals surface area contributed by atoms with Crippen molar-refractivity contribution in [3.8, 4) is 0 Å². The van der Waals surface area contributed by atoms with Gasteiger partial charge in [0.15, 0.2) is 0 Å². The third-order valence-corrected chi connectivity index (χ3v) is 2.76. The summed E-state index contributed by atoms with van der Waals surface area (Å²) in [5, 5.41) is 2.88. The third kappa shape index (κ3) is 5.36. The van der Waals surface area contributed by atoms with Crippen molar-refractivity contribution in [2.75, 3.05) is 6.54 Å². The molecule has 3 N–H and O–H groups in total. The van der Waals surface area contributed by atoms with Crippen LogP contribution in [0.2, 0.25) is 0 Å². The van der Waals surface area contributed by atoms with Crippen LogP contribution in [0.4, 0.5) is 0 Å². The van der Waals surface area contributed by atoms with Gasteiger partial charge in [0.05, 0.1) is 12.1 Å². The summed E-state index contributed by atoms with van der Waals surface area (Å²) in [5.74, 6) is 0.544. The zero-order chi connectivity index (χ0) is 13.6. The lowest BCUT2D eigenvalue weighted by atomic mass is 9.90. The van der Waals surface area contributed by atoms with Crippen molar-refractivity contribution in [3.63, 3.8) is 0 Å². The highest BCUT2D eigenvalue weighted by Crippen LogP contribution is 2.21. The van der Waals surface area contributed by atoms with Crippen LogP contribution in [-0.4, -0.2) is 12.5 Å². The minimum absolute atomic E-state index is 0.0887. The predicted octanol–water partition coefficient (Wildman–Crippen LogP) is 2.68. The Labute approximate surface area is 109 Å². The summed E-state index contributed by atoms with van der Waals surface area (Å²) < 4.78 is 5.12. The van der Waals surface area contributed by atoms with E-state index >= 15 is 0 Å². The van der Waals surface area contributed by atoms with Crippen molar-refractivity contribution >= 4 is 5.91 Å². The Balaban J connectivity index is 2.21. The molecule has 0 atom stereocenters. The number of furan rings is 1. The van der Waals surface area contributed by atoms with Crippen molar-refractivity contribution in [1.82, 2.24) is 5.32 Å². The zero-order valence-electron chi connectivity index (χ0n) is 11.6. The van der Waals surface area contributed by atoms with E-state index in [1.165, 1.54) is 12.7 Å². The van der Waals surface area contributed by atoms with Gasteiger partial charge in [0.1, 0.15) is 12.0 Å². The lowest BCUT2D eigenvalue weighted by Crippen LogP contribution is -2.24. The molecule has 0 bridgehead atoms. The molecule has 18 heavy (non-hydrogen) atoms. The maximum atomic E-state index is 11.7. The molecule has 0 saturated carbocycles. The number of carbonyl (C=O) groups is 1. The van der Waals surface area contributed by atoms with Crippen molar-refractivity contribution < 1.29 is 9.21 Å². The molecular formula is C14H24N2O2. The molecule has 1 heterocycles. The molecule has 0 saturated heterocycles. The Morgan fingerprint density at radius 1 is 1.39 bits per heavy atom. The van der Waals surface area contributed by atoms with E-state index in [1.807, 2.05) is 0 Å². The molecule has 1 amide bonds. The normalized spacial score (nSPS) is 11.6. The molecule has 4 heteroatoms.